The van der Waals surface area contributed by atoms with Crippen LogP contribution in [-0.4, -0.2) is 23.1 Å². The Morgan fingerprint density at radius 1 is 1.30 bits per heavy atom. The van der Waals surface area contributed by atoms with E-state index in [0.29, 0.717) is 6.42 Å². The van der Waals surface area contributed by atoms with E-state index < -0.39 is 12.0 Å². The molecule has 5 heteroatoms. The molecule has 0 aliphatic carbocycles. The van der Waals surface area contributed by atoms with Crippen molar-refractivity contribution in [3.63, 3.8) is 0 Å². The minimum atomic E-state index is -0.898. The summed E-state index contributed by atoms with van der Waals surface area (Å²) in [5.74, 6) is 1.49. The Morgan fingerprint density at radius 2 is 1.95 bits per heavy atom. The Bertz CT molecular complexity index is 494. The minimum Gasteiger partial charge on any atom is -0.481 e. The summed E-state index contributed by atoms with van der Waals surface area (Å²) in [6.45, 7) is 1.69. The molecule has 0 saturated heterocycles. The summed E-state index contributed by atoms with van der Waals surface area (Å²) in [6, 6.07) is 8.07. The number of carboxylic acids is 1. The van der Waals surface area contributed by atoms with Crippen LogP contribution >= 0.6 is 0 Å². The zero-order valence-electron chi connectivity index (χ0n) is 11.3. The number of hydrogen-bond donors (Lipinski definition) is 3. The molecule has 106 valence electrons. The van der Waals surface area contributed by atoms with E-state index in [1.54, 1.807) is 6.92 Å². The molecule has 5 nitrogen and oxygen atoms in total. The molecule has 2 amide bonds. The lowest BCUT2D eigenvalue weighted by molar-refractivity contribution is -0.137. The summed E-state index contributed by atoms with van der Waals surface area (Å²) in [5.41, 5.74) is 0.859. The Labute approximate surface area is 118 Å². The summed E-state index contributed by atoms with van der Waals surface area (Å²) < 4.78 is 0. The normalized spacial score (nSPS) is 12.8. The lowest BCUT2D eigenvalue weighted by atomic mass is 10.0. The number of rotatable bonds is 6. The summed E-state index contributed by atoms with van der Waals surface area (Å²) in [7, 11) is 0. The van der Waals surface area contributed by atoms with Crippen LogP contribution in [-0.2, 0) is 4.79 Å². The van der Waals surface area contributed by atoms with Crippen molar-refractivity contribution >= 4 is 12.0 Å². The molecule has 0 bridgehead atoms. The maximum absolute atomic E-state index is 11.8. The molecule has 0 saturated carbocycles. The Balaban J connectivity index is 2.71. The number of carbonyl (C=O) groups is 2. The van der Waals surface area contributed by atoms with Crippen LogP contribution in [0.5, 0.6) is 0 Å². The molecule has 0 aromatic heterocycles. The molecule has 1 aromatic rings. The number of nitrogens with one attached hydrogen (secondary N) is 2. The number of carboxylic acid groups (broad SMARTS) is 1. The molecule has 1 aromatic carbocycles. The Hall–Kier alpha value is -2.48. The van der Waals surface area contributed by atoms with E-state index in [2.05, 4.69) is 16.6 Å². The molecule has 0 spiro atoms. The average molecular weight is 274 g/mol. The van der Waals surface area contributed by atoms with Gasteiger partial charge in [-0.15, -0.1) is 6.42 Å². The van der Waals surface area contributed by atoms with Gasteiger partial charge in [0.25, 0.3) is 0 Å². The van der Waals surface area contributed by atoms with Gasteiger partial charge in [0, 0.05) is 6.42 Å². The highest BCUT2D eigenvalue weighted by molar-refractivity contribution is 5.75. The van der Waals surface area contributed by atoms with E-state index in [1.807, 2.05) is 30.3 Å². The van der Waals surface area contributed by atoms with Gasteiger partial charge in [0.15, 0.2) is 0 Å². The SMILES string of the molecule is C#CC(C)NC(=O)NC(CCC(=O)O)c1ccccc1. The molecular weight excluding hydrogens is 256 g/mol. The van der Waals surface area contributed by atoms with Gasteiger partial charge in [0.05, 0.1) is 12.1 Å². The van der Waals surface area contributed by atoms with Gasteiger partial charge in [-0.25, -0.2) is 4.79 Å². The van der Waals surface area contributed by atoms with Gasteiger partial charge in [-0.3, -0.25) is 4.79 Å². The number of aliphatic carboxylic acids is 1. The summed E-state index contributed by atoms with van der Waals surface area (Å²) in [4.78, 5) is 22.5. The fourth-order valence-electron chi connectivity index (χ4n) is 1.71. The Kier molecular flexibility index (Phi) is 6.11. The van der Waals surface area contributed by atoms with Gasteiger partial charge < -0.3 is 15.7 Å². The topological polar surface area (TPSA) is 78.4 Å². The predicted molar refractivity (Wildman–Crippen MR) is 76.0 cm³/mol. The van der Waals surface area contributed by atoms with E-state index in [1.165, 1.54) is 0 Å². The maximum Gasteiger partial charge on any atom is 0.316 e. The first kappa shape index (κ1) is 15.6. The van der Waals surface area contributed by atoms with Crippen molar-refractivity contribution in [2.45, 2.75) is 31.8 Å². The number of amides is 2. The molecule has 0 heterocycles. The summed E-state index contributed by atoms with van der Waals surface area (Å²) >= 11 is 0. The third kappa shape index (κ3) is 5.44. The number of carbonyl (C=O) groups excluding carboxylic acids is 1. The van der Waals surface area contributed by atoms with E-state index in [4.69, 9.17) is 11.5 Å². The lowest BCUT2D eigenvalue weighted by Crippen LogP contribution is -2.42. The molecule has 0 aliphatic rings. The van der Waals surface area contributed by atoms with E-state index in [0.717, 1.165) is 5.56 Å². The molecular formula is C15H18N2O3. The van der Waals surface area contributed by atoms with Gasteiger partial charge in [-0.05, 0) is 18.9 Å². The predicted octanol–water partition coefficient (Wildman–Crippen LogP) is 1.91. The highest BCUT2D eigenvalue weighted by atomic mass is 16.4. The number of hydrogen-bond acceptors (Lipinski definition) is 2. The molecule has 2 atom stereocenters. The summed E-state index contributed by atoms with van der Waals surface area (Å²) in [5, 5.41) is 14.1. The number of benzene rings is 1. The smallest absolute Gasteiger partial charge is 0.316 e. The van der Waals surface area contributed by atoms with Crippen LogP contribution < -0.4 is 10.6 Å². The maximum atomic E-state index is 11.8. The molecule has 3 N–H and O–H groups in total. The van der Waals surface area contributed by atoms with Gasteiger partial charge in [0.1, 0.15) is 0 Å². The zero-order valence-corrected chi connectivity index (χ0v) is 11.3. The zero-order chi connectivity index (χ0) is 15.0. The number of terminal acetylenes is 1. The molecule has 2 unspecified atom stereocenters. The largest absolute Gasteiger partial charge is 0.481 e. The van der Waals surface area contributed by atoms with Crippen molar-refractivity contribution in [3.05, 3.63) is 35.9 Å². The first-order valence-corrected chi connectivity index (χ1v) is 6.33. The molecule has 20 heavy (non-hydrogen) atoms. The van der Waals surface area contributed by atoms with Crippen LogP contribution in [0.4, 0.5) is 4.79 Å². The van der Waals surface area contributed by atoms with Gasteiger partial charge >= 0.3 is 12.0 Å². The molecule has 0 aliphatic heterocycles. The second kappa shape index (κ2) is 7.85. The van der Waals surface area contributed by atoms with Crippen molar-refractivity contribution < 1.29 is 14.7 Å². The highest BCUT2D eigenvalue weighted by Gasteiger charge is 2.16. The van der Waals surface area contributed by atoms with Crippen LogP contribution in [0.1, 0.15) is 31.4 Å². The standard InChI is InChI=1S/C15H18N2O3/c1-3-11(2)16-15(20)17-13(9-10-14(18)19)12-7-5-4-6-8-12/h1,4-8,11,13H,9-10H2,2H3,(H,18,19)(H2,16,17,20). The van der Waals surface area contributed by atoms with Crippen molar-refractivity contribution in [2.75, 3.05) is 0 Å². The monoisotopic (exact) mass is 274 g/mol. The van der Waals surface area contributed by atoms with E-state index >= 15 is 0 Å². The third-order valence-corrected chi connectivity index (χ3v) is 2.75. The van der Waals surface area contributed by atoms with Crippen LogP contribution in [0.15, 0.2) is 30.3 Å². The van der Waals surface area contributed by atoms with Crippen LogP contribution in [0.25, 0.3) is 0 Å². The van der Waals surface area contributed by atoms with Gasteiger partial charge in [0.2, 0.25) is 0 Å². The third-order valence-electron chi connectivity index (χ3n) is 2.75. The fraction of sp³-hybridized carbons (Fsp3) is 0.333. The Morgan fingerprint density at radius 3 is 2.50 bits per heavy atom. The second-order valence-electron chi connectivity index (χ2n) is 4.40. The van der Waals surface area contributed by atoms with Crippen molar-refractivity contribution in [1.82, 2.24) is 10.6 Å². The first-order valence-electron chi connectivity index (χ1n) is 6.33. The molecule has 0 fully saturated rings. The molecule has 1 rings (SSSR count). The van der Waals surface area contributed by atoms with Gasteiger partial charge in [-0.1, -0.05) is 36.3 Å². The number of urea groups is 1. The van der Waals surface area contributed by atoms with Crippen LogP contribution in [0.2, 0.25) is 0 Å². The van der Waals surface area contributed by atoms with Crippen LogP contribution in [0, 0.1) is 12.3 Å². The second-order valence-corrected chi connectivity index (χ2v) is 4.40. The van der Waals surface area contributed by atoms with Crippen molar-refractivity contribution in [2.24, 2.45) is 0 Å². The first-order chi connectivity index (χ1) is 9.52. The van der Waals surface area contributed by atoms with E-state index in [9.17, 15) is 9.59 Å². The van der Waals surface area contributed by atoms with Crippen LogP contribution in [0.3, 0.4) is 0 Å². The van der Waals surface area contributed by atoms with Crippen molar-refractivity contribution in [3.8, 4) is 12.3 Å². The quantitative estimate of drug-likeness (QED) is 0.693. The lowest BCUT2D eigenvalue weighted by Gasteiger charge is -2.19. The van der Waals surface area contributed by atoms with E-state index in [-0.39, 0.29) is 18.5 Å². The van der Waals surface area contributed by atoms with Gasteiger partial charge in [-0.2, -0.15) is 0 Å². The highest BCUT2D eigenvalue weighted by Crippen LogP contribution is 2.18. The molecule has 0 radical (unpaired) electrons. The van der Waals surface area contributed by atoms with Crippen molar-refractivity contribution in [1.29, 1.82) is 0 Å². The average Bonchev–Trinajstić information content (AvgIpc) is 2.44. The summed E-state index contributed by atoms with van der Waals surface area (Å²) in [6.07, 6.45) is 5.48. The fourth-order valence-corrected chi connectivity index (χ4v) is 1.71. The minimum absolute atomic E-state index is 0.0233.